The van der Waals surface area contributed by atoms with Crippen molar-refractivity contribution in [3.63, 3.8) is 0 Å². The first-order valence-electron chi connectivity index (χ1n) is 9.91. The van der Waals surface area contributed by atoms with E-state index in [1.165, 1.54) is 0 Å². The van der Waals surface area contributed by atoms with Crippen LogP contribution in [-0.4, -0.2) is 18.2 Å². The number of fused-ring (bicyclic) bond motifs is 1. The predicted octanol–water partition coefficient (Wildman–Crippen LogP) is 1.35. The SMILES string of the molecule is CCOc1ccccc1NC1=C([n+]2cc(C)cc(C)c2)C(=O)c2ccccc2C1=O.[I-]. The van der Waals surface area contributed by atoms with Crippen LogP contribution in [0.1, 0.15) is 38.8 Å². The number of allylic oxidation sites excluding steroid dienone is 2. The van der Waals surface area contributed by atoms with Gasteiger partial charge in [0, 0.05) is 22.3 Å². The standard InChI is InChI=1S/C25H22N2O3.HI/c1-4-30-21-12-8-7-11-20(21)26-22-23(27-14-16(2)13-17(3)15-27)25(29)19-10-6-5-9-18(19)24(22)28;/h5-15H,4H2,1-3H3;1H. The van der Waals surface area contributed by atoms with Gasteiger partial charge in [0.2, 0.25) is 5.78 Å². The van der Waals surface area contributed by atoms with Gasteiger partial charge in [-0.05, 0) is 39.0 Å². The summed E-state index contributed by atoms with van der Waals surface area (Å²) >= 11 is 0. The normalized spacial score (nSPS) is 12.9. The summed E-state index contributed by atoms with van der Waals surface area (Å²) in [7, 11) is 0. The van der Waals surface area contributed by atoms with Crippen LogP contribution in [0.25, 0.3) is 5.70 Å². The van der Waals surface area contributed by atoms with Crippen molar-refractivity contribution in [1.29, 1.82) is 0 Å². The molecular weight excluding hydrogens is 503 g/mol. The summed E-state index contributed by atoms with van der Waals surface area (Å²) < 4.78 is 7.44. The Morgan fingerprint density at radius 1 is 0.871 bits per heavy atom. The smallest absolute Gasteiger partial charge is 0.286 e. The second kappa shape index (κ2) is 9.43. The average molecular weight is 526 g/mol. The number of carbonyl (C=O) groups is 2. The molecule has 1 N–H and O–H groups in total. The second-order valence-corrected chi connectivity index (χ2v) is 7.28. The number of anilines is 1. The third-order valence-corrected chi connectivity index (χ3v) is 4.94. The van der Waals surface area contributed by atoms with Crippen molar-refractivity contribution >= 4 is 23.0 Å². The molecule has 1 heterocycles. The van der Waals surface area contributed by atoms with Crippen molar-refractivity contribution in [1.82, 2.24) is 0 Å². The fourth-order valence-electron chi connectivity index (χ4n) is 3.75. The molecule has 0 saturated heterocycles. The number of aryl methyl sites for hydroxylation is 2. The molecule has 1 aliphatic carbocycles. The number of ketones is 2. The quantitative estimate of drug-likeness (QED) is 0.403. The summed E-state index contributed by atoms with van der Waals surface area (Å²) in [5.41, 5.74) is 3.97. The largest absolute Gasteiger partial charge is 1.00 e. The monoisotopic (exact) mass is 526 g/mol. The Balaban J connectivity index is 0.00000272. The van der Waals surface area contributed by atoms with E-state index in [4.69, 9.17) is 4.74 Å². The van der Waals surface area contributed by atoms with E-state index in [0.29, 0.717) is 34.9 Å². The van der Waals surface area contributed by atoms with Crippen molar-refractivity contribution in [3.05, 3.63) is 94.9 Å². The highest BCUT2D eigenvalue weighted by molar-refractivity contribution is 6.36. The van der Waals surface area contributed by atoms with E-state index in [9.17, 15) is 9.59 Å². The number of hydrogen-bond acceptors (Lipinski definition) is 4. The Labute approximate surface area is 198 Å². The van der Waals surface area contributed by atoms with Gasteiger partial charge in [0.15, 0.2) is 18.1 Å². The van der Waals surface area contributed by atoms with Crippen LogP contribution >= 0.6 is 0 Å². The first-order chi connectivity index (χ1) is 14.5. The van der Waals surface area contributed by atoms with Gasteiger partial charge < -0.3 is 34.0 Å². The Kier molecular flexibility index (Phi) is 6.90. The summed E-state index contributed by atoms with van der Waals surface area (Å²) in [6, 6.07) is 16.3. The van der Waals surface area contributed by atoms with E-state index < -0.39 is 0 Å². The maximum atomic E-state index is 13.5. The molecule has 3 aromatic rings. The molecule has 31 heavy (non-hydrogen) atoms. The molecule has 2 aromatic carbocycles. The lowest BCUT2D eigenvalue weighted by molar-refractivity contribution is -0.578. The number of nitrogens with zero attached hydrogens (tertiary/aromatic N) is 1. The summed E-state index contributed by atoms with van der Waals surface area (Å²) in [4.78, 5) is 27.0. The van der Waals surface area contributed by atoms with Crippen LogP contribution in [0.5, 0.6) is 5.75 Å². The summed E-state index contributed by atoms with van der Waals surface area (Å²) in [6.45, 7) is 6.32. The van der Waals surface area contributed by atoms with Gasteiger partial charge in [0.25, 0.3) is 11.5 Å². The van der Waals surface area contributed by atoms with E-state index >= 15 is 0 Å². The lowest BCUT2D eigenvalue weighted by atomic mass is 9.90. The molecular formula is C25H23IN2O3. The molecule has 4 rings (SSSR count). The van der Waals surface area contributed by atoms with Gasteiger partial charge >= 0.3 is 0 Å². The molecule has 5 nitrogen and oxygen atoms in total. The van der Waals surface area contributed by atoms with Crippen molar-refractivity contribution in [2.45, 2.75) is 20.8 Å². The Morgan fingerprint density at radius 3 is 2.10 bits per heavy atom. The van der Waals surface area contributed by atoms with Crippen LogP contribution in [0.15, 0.2) is 72.7 Å². The molecule has 0 spiro atoms. The van der Waals surface area contributed by atoms with Crippen LogP contribution in [0.2, 0.25) is 0 Å². The average Bonchev–Trinajstić information content (AvgIpc) is 2.73. The van der Waals surface area contributed by atoms with Crippen LogP contribution in [0, 0.1) is 13.8 Å². The number of nitrogens with one attached hydrogen (secondary N) is 1. The zero-order valence-corrected chi connectivity index (χ0v) is 19.8. The van der Waals surface area contributed by atoms with Gasteiger partial charge in [-0.3, -0.25) is 9.59 Å². The molecule has 0 saturated carbocycles. The van der Waals surface area contributed by atoms with E-state index in [-0.39, 0.29) is 41.2 Å². The van der Waals surface area contributed by atoms with Gasteiger partial charge in [-0.2, -0.15) is 4.57 Å². The van der Waals surface area contributed by atoms with E-state index in [0.717, 1.165) is 11.1 Å². The Hall–Kier alpha value is -3.00. The minimum atomic E-state index is -0.224. The van der Waals surface area contributed by atoms with Gasteiger partial charge in [-0.25, -0.2) is 0 Å². The fourth-order valence-corrected chi connectivity index (χ4v) is 3.75. The number of carbonyl (C=O) groups excluding carboxylic acids is 2. The molecule has 1 aromatic heterocycles. The van der Waals surface area contributed by atoms with Crippen molar-refractivity contribution in [3.8, 4) is 5.75 Å². The Morgan fingerprint density at radius 2 is 1.45 bits per heavy atom. The summed E-state index contributed by atoms with van der Waals surface area (Å²) in [6.07, 6.45) is 3.72. The van der Waals surface area contributed by atoms with Crippen molar-refractivity contribution in [2.75, 3.05) is 11.9 Å². The van der Waals surface area contributed by atoms with Gasteiger partial charge in [-0.1, -0.05) is 36.4 Å². The van der Waals surface area contributed by atoms with Crippen LogP contribution in [0.4, 0.5) is 5.69 Å². The first kappa shape index (κ1) is 22.7. The van der Waals surface area contributed by atoms with E-state index in [1.807, 2.05) is 63.5 Å². The highest BCUT2D eigenvalue weighted by atomic mass is 127. The maximum Gasteiger partial charge on any atom is 0.286 e. The number of Topliss-reactive ketones (excluding diaryl/α,β-unsaturated/α-hetero) is 2. The molecule has 1 aliphatic rings. The lowest BCUT2D eigenvalue weighted by Gasteiger charge is -2.20. The zero-order chi connectivity index (χ0) is 21.3. The van der Waals surface area contributed by atoms with Gasteiger partial charge in [0.1, 0.15) is 5.75 Å². The first-order valence-corrected chi connectivity index (χ1v) is 9.91. The molecule has 0 atom stereocenters. The number of rotatable bonds is 5. The molecule has 0 aliphatic heterocycles. The number of ether oxygens (including phenoxy) is 1. The molecule has 6 heteroatoms. The minimum absolute atomic E-state index is 0. The van der Waals surface area contributed by atoms with Gasteiger partial charge in [0.05, 0.1) is 12.3 Å². The number of halogens is 1. The third kappa shape index (κ3) is 4.39. The number of aromatic nitrogens is 1. The van der Waals surface area contributed by atoms with Crippen molar-refractivity contribution < 1.29 is 42.9 Å². The topological polar surface area (TPSA) is 59.3 Å². The number of hydrogen-bond donors (Lipinski definition) is 1. The highest BCUT2D eigenvalue weighted by Crippen LogP contribution is 2.31. The second-order valence-electron chi connectivity index (χ2n) is 7.28. The zero-order valence-electron chi connectivity index (χ0n) is 17.6. The molecule has 0 amide bonds. The molecule has 0 radical (unpaired) electrons. The van der Waals surface area contributed by atoms with Gasteiger partial charge in [-0.15, -0.1) is 0 Å². The molecule has 0 unspecified atom stereocenters. The van der Waals surface area contributed by atoms with E-state index in [1.54, 1.807) is 28.8 Å². The lowest BCUT2D eigenvalue weighted by Crippen LogP contribution is -3.00. The van der Waals surface area contributed by atoms with Crippen LogP contribution in [-0.2, 0) is 0 Å². The number of benzene rings is 2. The Bertz CT molecular complexity index is 1180. The van der Waals surface area contributed by atoms with Crippen LogP contribution in [0.3, 0.4) is 0 Å². The number of pyridine rings is 1. The number of para-hydroxylation sites is 2. The van der Waals surface area contributed by atoms with Crippen LogP contribution < -0.4 is 38.6 Å². The fraction of sp³-hybridized carbons (Fsp3) is 0.160. The molecule has 0 bridgehead atoms. The molecule has 158 valence electrons. The minimum Gasteiger partial charge on any atom is -1.00 e. The summed E-state index contributed by atoms with van der Waals surface area (Å²) in [5, 5.41) is 3.21. The predicted molar refractivity (Wildman–Crippen MR) is 116 cm³/mol. The third-order valence-electron chi connectivity index (χ3n) is 4.94. The highest BCUT2D eigenvalue weighted by Gasteiger charge is 2.39. The maximum absolute atomic E-state index is 13.5. The van der Waals surface area contributed by atoms with Crippen molar-refractivity contribution in [2.24, 2.45) is 0 Å². The molecule has 0 fully saturated rings. The summed E-state index contributed by atoms with van der Waals surface area (Å²) in [5.74, 6) is 0.200. The van der Waals surface area contributed by atoms with E-state index in [2.05, 4.69) is 5.32 Å².